The highest BCUT2D eigenvalue weighted by Crippen LogP contribution is 2.14. The number of aliphatic hydroxyl groups excluding tert-OH is 2. The summed E-state index contributed by atoms with van der Waals surface area (Å²) in [6, 6.07) is 0. The molecule has 1 fully saturated rings. The van der Waals surface area contributed by atoms with Crippen molar-refractivity contribution in [2.24, 2.45) is 5.92 Å². The molecule has 3 nitrogen and oxygen atoms in total. The van der Waals surface area contributed by atoms with Gasteiger partial charge in [0.1, 0.15) is 0 Å². The molecule has 1 saturated heterocycles. The van der Waals surface area contributed by atoms with Crippen molar-refractivity contribution in [2.45, 2.75) is 25.6 Å². The Labute approximate surface area is 61.1 Å². The Hall–Kier alpha value is -0.120. The van der Waals surface area contributed by atoms with E-state index in [1.54, 1.807) is 6.92 Å². The Morgan fingerprint density at radius 2 is 2.20 bits per heavy atom. The van der Waals surface area contributed by atoms with Crippen molar-refractivity contribution < 1.29 is 10.2 Å². The summed E-state index contributed by atoms with van der Waals surface area (Å²) >= 11 is 0. The van der Waals surface area contributed by atoms with Gasteiger partial charge >= 0.3 is 0 Å². The van der Waals surface area contributed by atoms with Gasteiger partial charge in [-0.15, -0.1) is 0 Å². The first-order valence-electron chi connectivity index (χ1n) is 3.78. The number of hydrogen-bond donors (Lipinski definition) is 3. The van der Waals surface area contributed by atoms with Crippen molar-refractivity contribution in [3.63, 3.8) is 0 Å². The largest absolute Gasteiger partial charge is 0.391 e. The predicted octanol–water partition coefficient (Wildman–Crippen LogP) is -0.662. The molecular formula is C7H15NO2. The number of rotatable bonds is 2. The van der Waals surface area contributed by atoms with Crippen LogP contribution in [0.15, 0.2) is 0 Å². The maximum atomic E-state index is 9.34. The molecule has 0 saturated carbocycles. The maximum absolute atomic E-state index is 9.34. The van der Waals surface area contributed by atoms with Gasteiger partial charge in [0.25, 0.3) is 0 Å². The van der Waals surface area contributed by atoms with Crippen LogP contribution in [-0.4, -0.2) is 35.5 Å². The molecule has 10 heavy (non-hydrogen) atoms. The fourth-order valence-electron chi connectivity index (χ4n) is 1.36. The van der Waals surface area contributed by atoms with Gasteiger partial charge in [-0.05, 0) is 19.9 Å². The predicted molar refractivity (Wildman–Crippen MR) is 38.7 cm³/mol. The van der Waals surface area contributed by atoms with E-state index in [1.807, 2.05) is 0 Å². The highest BCUT2D eigenvalue weighted by atomic mass is 16.3. The summed E-state index contributed by atoms with van der Waals surface area (Å²) in [6.07, 6.45) is -0.161. The molecule has 0 aliphatic carbocycles. The van der Waals surface area contributed by atoms with E-state index in [-0.39, 0.29) is 5.92 Å². The zero-order valence-corrected chi connectivity index (χ0v) is 6.25. The minimum absolute atomic E-state index is 0.250. The van der Waals surface area contributed by atoms with E-state index < -0.39 is 12.2 Å². The van der Waals surface area contributed by atoms with E-state index in [9.17, 15) is 5.11 Å². The summed E-state index contributed by atoms with van der Waals surface area (Å²) in [5.41, 5.74) is 0. The average Bonchev–Trinajstić information content (AvgIpc) is 2.36. The lowest BCUT2D eigenvalue weighted by Crippen LogP contribution is -2.32. The average molecular weight is 145 g/mol. The second-order valence-corrected chi connectivity index (χ2v) is 2.98. The maximum Gasteiger partial charge on any atom is 0.0837 e. The van der Waals surface area contributed by atoms with Crippen LogP contribution in [0.25, 0.3) is 0 Å². The van der Waals surface area contributed by atoms with Crippen LogP contribution >= 0.6 is 0 Å². The molecule has 3 atom stereocenters. The van der Waals surface area contributed by atoms with Crippen LogP contribution in [0.4, 0.5) is 0 Å². The van der Waals surface area contributed by atoms with Crippen molar-refractivity contribution in [3.05, 3.63) is 0 Å². The molecular weight excluding hydrogens is 130 g/mol. The Kier molecular flexibility index (Phi) is 2.65. The van der Waals surface area contributed by atoms with E-state index in [0.29, 0.717) is 0 Å². The molecule has 0 amide bonds. The second-order valence-electron chi connectivity index (χ2n) is 2.98. The third-order valence-electron chi connectivity index (χ3n) is 2.08. The Morgan fingerprint density at radius 1 is 1.50 bits per heavy atom. The standard InChI is InChI=1S/C7H15NO2/c1-5(9)7(10)6-2-3-8-4-6/h5-10H,2-4H2,1H3. The van der Waals surface area contributed by atoms with Gasteiger partial charge in [0, 0.05) is 12.5 Å². The molecule has 0 bridgehead atoms. The van der Waals surface area contributed by atoms with Crippen molar-refractivity contribution in [1.82, 2.24) is 5.32 Å². The van der Waals surface area contributed by atoms with Gasteiger partial charge in [0.05, 0.1) is 12.2 Å². The van der Waals surface area contributed by atoms with Gasteiger partial charge in [-0.2, -0.15) is 0 Å². The van der Waals surface area contributed by atoms with Crippen LogP contribution in [0, 0.1) is 5.92 Å². The van der Waals surface area contributed by atoms with Crippen molar-refractivity contribution in [1.29, 1.82) is 0 Å². The van der Waals surface area contributed by atoms with Crippen molar-refractivity contribution in [3.8, 4) is 0 Å². The molecule has 3 N–H and O–H groups in total. The molecule has 0 spiro atoms. The fraction of sp³-hybridized carbons (Fsp3) is 1.00. The SMILES string of the molecule is CC(O)C(O)C1CCNC1. The van der Waals surface area contributed by atoms with Crippen LogP contribution in [0.5, 0.6) is 0 Å². The van der Waals surface area contributed by atoms with Crippen molar-refractivity contribution >= 4 is 0 Å². The van der Waals surface area contributed by atoms with Gasteiger partial charge in [-0.1, -0.05) is 0 Å². The first-order chi connectivity index (χ1) is 4.72. The quantitative estimate of drug-likeness (QED) is 0.483. The van der Waals surface area contributed by atoms with E-state index in [4.69, 9.17) is 5.11 Å². The highest BCUT2D eigenvalue weighted by molar-refractivity contribution is 4.80. The van der Waals surface area contributed by atoms with Gasteiger partial charge in [-0.3, -0.25) is 0 Å². The third-order valence-corrected chi connectivity index (χ3v) is 2.08. The zero-order chi connectivity index (χ0) is 7.56. The van der Waals surface area contributed by atoms with E-state index in [1.165, 1.54) is 0 Å². The normalized spacial score (nSPS) is 32.1. The summed E-state index contributed by atoms with van der Waals surface area (Å²) in [6.45, 7) is 3.43. The van der Waals surface area contributed by atoms with E-state index >= 15 is 0 Å². The fourth-order valence-corrected chi connectivity index (χ4v) is 1.36. The summed E-state index contributed by atoms with van der Waals surface area (Å²) < 4.78 is 0. The van der Waals surface area contributed by atoms with Crippen molar-refractivity contribution in [2.75, 3.05) is 13.1 Å². The van der Waals surface area contributed by atoms with Crippen LogP contribution in [0.1, 0.15) is 13.3 Å². The Bertz CT molecular complexity index is 99.8. The molecule has 0 aromatic carbocycles. The smallest absolute Gasteiger partial charge is 0.0837 e. The molecule has 1 heterocycles. The first-order valence-corrected chi connectivity index (χ1v) is 3.78. The number of nitrogens with one attached hydrogen (secondary N) is 1. The van der Waals surface area contributed by atoms with Gasteiger partial charge < -0.3 is 15.5 Å². The summed E-state index contributed by atoms with van der Waals surface area (Å²) in [5, 5.41) is 21.5. The van der Waals surface area contributed by atoms with Gasteiger partial charge in [-0.25, -0.2) is 0 Å². The number of hydrogen-bond acceptors (Lipinski definition) is 3. The minimum atomic E-state index is -0.593. The molecule has 1 aliphatic rings. The monoisotopic (exact) mass is 145 g/mol. The van der Waals surface area contributed by atoms with Crippen LogP contribution in [-0.2, 0) is 0 Å². The lowest BCUT2D eigenvalue weighted by Gasteiger charge is -2.19. The Morgan fingerprint density at radius 3 is 2.60 bits per heavy atom. The van der Waals surface area contributed by atoms with Crippen LogP contribution in [0.2, 0.25) is 0 Å². The molecule has 3 heteroatoms. The van der Waals surface area contributed by atoms with Gasteiger partial charge in [0.15, 0.2) is 0 Å². The molecule has 60 valence electrons. The first kappa shape index (κ1) is 7.98. The molecule has 0 aromatic rings. The summed E-state index contributed by atoms with van der Waals surface area (Å²) in [4.78, 5) is 0. The molecule has 0 aromatic heterocycles. The molecule has 1 aliphatic heterocycles. The molecule has 0 radical (unpaired) electrons. The lowest BCUT2D eigenvalue weighted by atomic mass is 9.98. The number of aliphatic hydroxyl groups is 2. The second kappa shape index (κ2) is 3.32. The summed E-state index contributed by atoms with van der Waals surface area (Å²) in [7, 11) is 0. The van der Waals surface area contributed by atoms with Crippen LogP contribution in [0.3, 0.4) is 0 Å². The minimum Gasteiger partial charge on any atom is -0.391 e. The highest BCUT2D eigenvalue weighted by Gasteiger charge is 2.25. The Balaban J connectivity index is 2.32. The van der Waals surface area contributed by atoms with E-state index in [0.717, 1.165) is 19.5 Å². The molecule has 1 rings (SSSR count). The van der Waals surface area contributed by atoms with Crippen LogP contribution < -0.4 is 5.32 Å². The summed E-state index contributed by atoms with van der Waals surface area (Å²) in [5.74, 6) is 0.250. The molecule has 3 unspecified atom stereocenters. The lowest BCUT2D eigenvalue weighted by molar-refractivity contribution is -0.00171. The van der Waals surface area contributed by atoms with Gasteiger partial charge in [0.2, 0.25) is 0 Å². The topological polar surface area (TPSA) is 52.5 Å². The van der Waals surface area contributed by atoms with E-state index in [2.05, 4.69) is 5.32 Å². The zero-order valence-electron chi connectivity index (χ0n) is 6.25. The third kappa shape index (κ3) is 1.68.